The summed E-state index contributed by atoms with van der Waals surface area (Å²) in [5, 5.41) is 0. The highest BCUT2D eigenvalue weighted by atomic mass is 16.5. The molecule has 2 aliphatic heterocycles. The van der Waals surface area contributed by atoms with Gasteiger partial charge in [-0.1, -0.05) is 12.2 Å². The van der Waals surface area contributed by atoms with Gasteiger partial charge in [-0.15, -0.1) is 0 Å². The second-order valence-corrected chi connectivity index (χ2v) is 7.55. The standard InChI is InChI=1S/C20H27NO4/c1-12(2)15-10-25-20(5)11-19(4,18(22)21(15)20)14-9-16(23-6)13(3)8-17(14)24-7/h8-9,15H,1,10-11H2,2-7H3/t15-,19+,20-/m1/s1. The molecule has 0 aliphatic carbocycles. The van der Waals surface area contributed by atoms with Crippen molar-refractivity contribution in [3.8, 4) is 11.5 Å². The van der Waals surface area contributed by atoms with E-state index in [2.05, 4.69) is 6.58 Å². The summed E-state index contributed by atoms with van der Waals surface area (Å²) in [6.45, 7) is 12.4. The third kappa shape index (κ3) is 2.44. The second kappa shape index (κ2) is 5.77. The largest absolute Gasteiger partial charge is 0.496 e. The molecule has 1 aromatic rings. The minimum Gasteiger partial charge on any atom is -0.496 e. The molecule has 0 bridgehead atoms. The van der Waals surface area contributed by atoms with E-state index in [9.17, 15) is 4.79 Å². The lowest BCUT2D eigenvalue weighted by molar-refractivity contribution is -0.138. The summed E-state index contributed by atoms with van der Waals surface area (Å²) in [7, 11) is 3.26. The van der Waals surface area contributed by atoms with Gasteiger partial charge in [0.1, 0.15) is 17.2 Å². The van der Waals surface area contributed by atoms with Crippen LogP contribution in [0.3, 0.4) is 0 Å². The molecule has 1 aromatic carbocycles. The Hall–Kier alpha value is -2.01. The molecule has 3 atom stereocenters. The molecule has 25 heavy (non-hydrogen) atoms. The molecule has 0 aromatic heterocycles. The predicted molar refractivity (Wildman–Crippen MR) is 96.1 cm³/mol. The Labute approximate surface area is 149 Å². The Morgan fingerprint density at radius 3 is 2.48 bits per heavy atom. The number of hydrogen-bond donors (Lipinski definition) is 0. The van der Waals surface area contributed by atoms with E-state index in [0.717, 1.165) is 22.4 Å². The van der Waals surface area contributed by atoms with Crippen LogP contribution in [0, 0.1) is 6.92 Å². The van der Waals surface area contributed by atoms with Gasteiger partial charge in [0, 0.05) is 12.0 Å². The highest BCUT2D eigenvalue weighted by Gasteiger charge is 2.62. The lowest BCUT2D eigenvalue weighted by Gasteiger charge is -2.29. The molecule has 2 fully saturated rings. The molecule has 0 radical (unpaired) electrons. The molecular weight excluding hydrogens is 318 g/mol. The fourth-order valence-corrected chi connectivity index (χ4v) is 4.28. The van der Waals surface area contributed by atoms with Crippen molar-refractivity contribution in [2.75, 3.05) is 20.8 Å². The molecular formula is C20H27NO4. The number of hydrogen-bond acceptors (Lipinski definition) is 4. The topological polar surface area (TPSA) is 48.0 Å². The minimum atomic E-state index is -0.741. The van der Waals surface area contributed by atoms with Crippen LogP contribution in [0.5, 0.6) is 11.5 Å². The summed E-state index contributed by atoms with van der Waals surface area (Å²) in [5.41, 5.74) is 1.38. The zero-order valence-corrected chi connectivity index (χ0v) is 15.9. The van der Waals surface area contributed by atoms with E-state index in [1.165, 1.54) is 0 Å². The zero-order chi connectivity index (χ0) is 18.6. The Balaban J connectivity index is 2.12. The maximum atomic E-state index is 13.5. The van der Waals surface area contributed by atoms with Crippen LogP contribution in [0.15, 0.2) is 24.3 Å². The Morgan fingerprint density at radius 2 is 1.92 bits per heavy atom. The zero-order valence-electron chi connectivity index (χ0n) is 15.9. The van der Waals surface area contributed by atoms with Crippen molar-refractivity contribution < 1.29 is 19.0 Å². The second-order valence-electron chi connectivity index (χ2n) is 7.55. The van der Waals surface area contributed by atoms with Crippen LogP contribution in [0.1, 0.15) is 38.3 Å². The summed E-state index contributed by atoms with van der Waals surface area (Å²) in [4.78, 5) is 15.4. The summed E-state index contributed by atoms with van der Waals surface area (Å²) >= 11 is 0. The van der Waals surface area contributed by atoms with Crippen LogP contribution >= 0.6 is 0 Å². The van der Waals surface area contributed by atoms with Crippen LogP contribution in [0.2, 0.25) is 0 Å². The first-order chi connectivity index (χ1) is 11.7. The van der Waals surface area contributed by atoms with Crippen molar-refractivity contribution in [1.29, 1.82) is 0 Å². The van der Waals surface area contributed by atoms with Gasteiger partial charge in [0.2, 0.25) is 5.91 Å². The normalized spacial score (nSPS) is 31.2. The van der Waals surface area contributed by atoms with E-state index in [1.807, 2.05) is 44.7 Å². The number of fused-ring (bicyclic) bond motifs is 1. The Kier molecular flexibility index (Phi) is 4.11. The molecule has 136 valence electrons. The molecule has 5 heteroatoms. The quantitative estimate of drug-likeness (QED) is 0.787. The van der Waals surface area contributed by atoms with Crippen molar-refractivity contribution >= 4 is 5.91 Å². The maximum absolute atomic E-state index is 13.5. The van der Waals surface area contributed by atoms with Gasteiger partial charge in [-0.2, -0.15) is 0 Å². The highest BCUT2D eigenvalue weighted by molar-refractivity contribution is 5.92. The molecule has 2 aliphatic rings. The van der Waals surface area contributed by atoms with Crippen molar-refractivity contribution in [3.05, 3.63) is 35.4 Å². The van der Waals surface area contributed by atoms with Crippen molar-refractivity contribution in [2.45, 2.75) is 51.3 Å². The van der Waals surface area contributed by atoms with Crippen LogP contribution in [-0.2, 0) is 14.9 Å². The fraction of sp³-hybridized carbons (Fsp3) is 0.550. The van der Waals surface area contributed by atoms with Crippen LogP contribution in [0.4, 0.5) is 0 Å². The summed E-state index contributed by atoms with van der Waals surface area (Å²) in [6, 6.07) is 3.76. The molecule has 0 spiro atoms. The van der Waals surface area contributed by atoms with Gasteiger partial charge in [-0.25, -0.2) is 0 Å². The number of carbonyl (C=O) groups is 1. The molecule has 5 nitrogen and oxygen atoms in total. The third-order valence-electron chi connectivity index (χ3n) is 5.63. The van der Waals surface area contributed by atoms with E-state index in [0.29, 0.717) is 18.8 Å². The fourth-order valence-electron chi connectivity index (χ4n) is 4.28. The van der Waals surface area contributed by atoms with E-state index >= 15 is 0 Å². The summed E-state index contributed by atoms with van der Waals surface area (Å²) < 4.78 is 17.1. The van der Waals surface area contributed by atoms with E-state index < -0.39 is 11.1 Å². The van der Waals surface area contributed by atoms with Crippen molar-refractivity contribution in [2.24, 2.45) is 0 Å². The Bertz CT molecular complexity index is 743. The average molecular weight is 345 g/mol. The van der Waals surface area contributed by atoms with Crippen LogP contribution in [0.25, 0.3) is 0 Å². The van der Waals surface area contributed by atoms with Gasteiger partial charge in [0.25, 0.3) is 0 Å². The van der Waals surface area contributed by atoms with Gasteiger partial charge < -0.3 is 19.1 Å². The number of carbonyl (C=O) groups excluding carboxylic acids is 1. The first-order valence-corrected chi connectivity index (χ1v) is 8.54. The molecule has 0 unspecified atom stereocenters. The molecule has 2 heterocycles. The van der Waals surface area contributed by atoms with Gasteiger partial charge in [0.15, 0.2) is 0 Å². The van der Waals surface area contributed by atoms with Gasteiger partial charge in [0.05, 0.1) is 32.3 Å². The summed E-state index contributed by atoms with van der Waals surface area (Å²) in [5.74, 6) is 1.50. The SMILES string of the molecule is C=C(C)[C@H]1CO[C@]2(C)C[C@@](C)(c3cc(OC)c(C)cc3OC)C(=O)N12. The maximum Gasteiger partial charge on any atom is 0.236 e. The smallest absolute Gasteiger partial charge is 0.236 e. The van der Waals surface area contributed by atoms with Crippen molar-refractivity contribution in [3.63, 3.8) is 0 Å². The van der Waals surface area contributed by atoms with Gasteiger partial charge >= 0.3 is 0 Å². The average Bonchev–Trinajstić information content (AvgIpc) is 2.99. The molecule has 1 amide bonds. The first-order valence-electron chi connectivity index (χ1n) is 8.54. The number of methoxy groups -OCH3 is 2. The number of ether oxygens (including phenoxy) is 3. The monoisotopic (exact) mass is 345 g/mol. The Morgan fingerprint density at radius 1 is 1.28 bits per heavy atom. The molecule has 0 saturated carbocycles. The number of amides is 1. The highest BCUT2D eigenvalue weighted by Crippen LogP contribution is 2.52. The van der Waals surface area contributed by atoms with Crippen LogP contribution < -0.4 is 9.47 Å². The van der Waals surface area contributed by atoms with Gasteiger partial charge in [-0.05, 0) is 45.4 Å². The number of rotatable bonds is 4. The number of benzene rings is 1. The van der Waals surface area contributed by atoms with E-state index in [4.69, 9.17) is 14.2 Å². The number of aryl methyl sites for hydroxylation is 1. The third-order valence-corrected chi connectivity index (χ3v) is 5.63. The molecule has 3 rings (SSSR count). The molecule has 0 N–H and O–H groups in total. The lowest BCUT2D eigenvalue weighted by atomic mass is 9.78. The summed E-state index contributed by atoms with van der Waals surface area (Å²) in [6.07, 6.45) is 0.561. The van der Waals surface area contributed by atoms with Gasteiger partial charge in [-0.3, -0.25) is 4.79 Å². The first kappa shape index (κ1) is 17.8. The predicted octanol–water partition coefficient (Wildman–Crippen LogP) is 3.19. The lowest BCUT2D eigenvalue weighted by Crippen LogP contribution is -2.45. The molecule has 2 saturated heterocycles. The van der Waals surface area contributed by atoms with E-state index in [1.54, 1.807) is 14.2 Å². The van der Waals surface area contributed by atoms with E-state index in [-0.39, 0.29) is 11.9 Å². The number of nitrogens with zero attached hydrogens (tertiary/aromatic N) is 1. The van der Waals surface area contributed by atoms with Crippen LogP contribution in [-0.4, -0.2) is 43.4 Å². The minimum absolute atomic E-state index is 0.0460. The van der Waals surface area contributed by atoms with Crippen molar-refractivity contribution in [1.82, 2.24) is 4.90 Å².